The van der Waals surface area contributed by atoms with Crippen LogP contribution in [0.4, 0.5) is 13.2 Å². The lowest BCUT2D eigenvalue weighted by molar-refractivity contribution is -0.150. The van der Waals surface area contributed by atoms with Gasteiger partial charge in [-0.25, -0.2) is 0 Å². The van der Waals surface area contributed by atoms with Crippen LogP contribution in [0.25, 0.3) is 0 Å². The first kappa shape index (κ1) is 16.4. The Bertz CT molecular complexity index is 207. The van der Waals surface area contributed by atoms with Crippen LogP contribution in [0.2, 0.25) is 0 Å². The minimum absolute atomic E-state index is 0.0634. The maximum Gasteiger partial charge on any atom is 0.401 e. The summed E-state index contributed by atoms with van der Waals surface area (Å²) in [4.78, 5) is 11.9. The van der Waals surface area contributed by atoms with Gasteiger partial charge in [-0.05, 0) is 6.42 Å². The van der Waals surface area contributed by atoms with E-state index in [1.54, 1.807) is 0 Å². The quantitative estimate of drug-likeness (QED) is 0.838. The summed E-state index contributed by atoms with van der Waals surface area (Å²) in [7, 11) is 0. The lowest BCUT2D eigenvalue weighted by Gasteiger charge is -2.26. The Morgan fingerprint density at radius 1 is 1.29 bits per heavy atom. The van der Waals surface area contributed by atoms with E-state index in [2.05, 4.69) is 6.92 Å². The highest BCUT2D eigenvalue weighted by Gasteiger charge is 2.31. The van der Waals surface area contributed by atoms with Crippen LogP contribution in [0.1, 0.15) is 32.6 Å². The number of rotatable bonds is 3. The number of likely N-dealkylation sites (tertiary alicyclic amines) is 1. The van der Waals surface area contributed by atoms with Gasteiger partial charge in [-0.15, -0.1) is 0 Å². The van der Waals surface area contributed by atoms with Gasteiger partial charge in [-0.1, -0.05) is 13.3 Å². The summed E-state index contributed by atoms with van der Waals surface area (Å²) in [5, 5.41) is 8.07. The predicted molar refractivity (Wildman–Crippen MR) is 58.7 cm³/mol. The highest BCUT2D eigenvalue weighted by atomic mass is 19.4. The number of alkyl halides is 3. The third-order valence-electron chi connectivity index (χ3n) is 2.33. The van der Waals surface area contributed by atoms with E-state index >= 15 is 0 Å². The van der Waals surface area contributed by atoms with E-state index in [1.165, 1.54) is 4.90 Å². The minimum Gasteiger partial charge on any atom is -0.396 e. The molecule has 1 N–H and O–H groups in total. The van der Waals surface area contributed by atoms with Gasteiger partial charge in [0.25, 0.3) is 0 Å². The first-order valence-corrected chi connectivity index (χ1v) is 5.80. The second kappa shape index (κ2) is 8.47. The second-order valence-electron chi connectivity index (χ2n) is 4.01. The Kier molecular flexibility index (Phi) is 8.16. The third-order valence-corrected chi connectivity index (χ3v) is 2.33. The standard InChI is InChI=1S/C7H10F3NO.C4H10O/c8-7(9,10)5-11-3-1-6(12)2-4-11;1-2-3-4-5/h1-5H2;5H,2-4H2,1H3. The van der Waals surface area contributed by atoms with E-state index in [1.807, 2.05) is 0 Å². The summed E-state index contributed by atoms with van der Waals surface area (Å²) >= 11 is 0. The fourth-order valence-corrected chi connectivity index (χ4v) is 1.37. The number of nitrogens with zero attached hydrogens (tertiary/aromatic N) is 1. The van der Waals surface area contributed by atoms with Crippen molar-refractivity contribution in [3.8, 4) is 0 Å². The fourth-order valence-electron chi connectivity index (χ4n) is 1.37. The minimum atomic E-state index is -4.14. The van der Waals surface area contributed by atoms with E-state index in [4.69, 9.17) is 5.11 Å². The van der Waals surface area contributed by atoms with Crippen LogP contribution in [0.5, 0.6) is 0 Å². The second-order valence-corrected chi connectivity index (χ2v) is 4.01. The molecule has 1 fully saturated rings. The van der Waals surface area contributed by atoms with E-state index in [0.29, 0.717) is 6.61 Å². The van der Waals surface area contributed by atoms with Crippen LogP contribution in [-0.2, 0) is 4.79 Å². The molecule has 0 spiro atoms. The molecule has 1 aliphatic heterocycles. The molecule has 6 heteroatoms. The predicted octanol–water partition coefficient (Wildman–Crippen LogP) is 1.99. The molecule has 0 unspecified atom stereocenters. The molecule has 0 aliphatic carbocycles. The van der Waals surface area contributed by atoms with Crippen LogP contribution >= 0.6 is 0 Å². The highest BCUT2D eigenvalue weighted by Crippen LogP contribution is 2.18. The van der Waals surface area contributed by atoms with Crippen LogP contribution < -0.4 is 0 Å². The number of aliphatic hydroxyl groups is 1. The van der Waals surface area contributed by atoms with Crippen molar-refractivity contribution in [3.63, 3.8) is 0 Å². The maximum absolute atomic E-state index is 11.8. The van der Waals surface area contributed by atoms with Gasteiger partial charge in [-0.3, -0.25) is 9.69 Å². The Morgan fingerprint density at radius 2 is 1.82 bits per heavy atom. The molecule has 3 nitrogen and oxygen atoms in total. The first-order valence-electron chi connectivity index (χ1n) is 5.80. The molecular formula is C11H20F3NO2. The number of unbranched alkanes of at least 4 members (excludes halogenated alkanes) is 1. The molecule has 0 aromatic carbocycles. The van der Waals surface area contributed by atoms with Gasteiger partial charge in [0.2, 0.25) is 0 Å². The van der Waals surface area contributed by atoms with E-state index in [9.17, 15) is 18.0 Å². The zero-order valence-electron chi connectivity index (χ0n) is 10.1. The summed E-state index contributed by atoms with van der Waals surface area (Å²) in [5.41, 5.74) is 0. The van der Waals surface area contributed by atoms with Crippen LogP contribution in [0.3, 0.4) is 0 Å². The van der Waals surface area contributed by atoms with Crippen molar-refractivity contribution in [3.05, 3.63) is 0 Å². The van der Waals surface area contributed by atoms with Crippen molar-refractivity contribution < 1.29 is 23.1 Å². The summed E-state index contributed by atoms with van der Waals surface area (Å²) in [5.74, 6) is 0.0634. The SMILES string of the molecule is CCCCO.O=C1CCN(CC(F)(F)F)CC1. The largest absolute Gasteiger partial charge is 0.401 e. The summed E-state index contributed by atoms with van der Waals surface area (Å²) in [6.45, 7) is 2.00. The first-order chi connectivity index (χ1) is 7.89. The van der Waals surface area contributed by atoms with E-state index in [-0.39, 0.29) is 31.7 Å². The lowest BCUT2D eigenvalue weighted by Crippen LogP contribution is -2.40. The molecule has 102 valence electrons. The molecule has 1 heterocycles. The molecule has 0 aromatic rings. The molecule has 0 radical (unpaired) electrons. The Morgan fingerprint density at radius 3 is 2.12 bits per heavy atom. The average Bonchev–Trinajstić information content (AvgIpc) is 2.22. The fraction of sp³-hybridized carbons (Fsp3) is 0.909. The molecular weight excluding hydrogens is 235 g/mol. The third kappa shape index (κ3) is 10.3. The van der Waals surface area contributed by atoms with Gasteiger partial charge < -0.3 is 5.11 Å². The number of piperidine rings is 1. The zero-order valence-corrected chi connectivity index (χ0v) is 10.1. The smallest absolute Gasteiger partial charge is 0.396 e. The van der Waals surface area contributed by atoms with Crippen molar-refractivity contribution in [2.24, 2.45) is 0 Å². The molecule has 1 aliphatic rings. The normalized spacial score (nSPS) is 17.6. The maximum atomic E-state index is 11.8. The van der Waals surface area contributed by atoms with Crippen LogP contribution in [0.15, 0.2) is 0 Å². The van der Waals surface area contributed by atoms with Crippen molar-refractivity contribution in [2.45, 2.75) is 38.8 Å². The number of carbonyl (C=O) groups excluding carboxylic acids is 1. The Hall–Kier alpha value is -0.620. The van der Waals surface area contributed by atoms with Gasteiger partial charge in [0.1, 0.15) is 5.78 Å². The zero-order chi connectivity index (χ0) is 13.3. The van der Waals surface area contributed by atoms with Crippen molar-refractivity contribution in [2.75, 3.05) is 26.2 Å². The number of aliphatic hydroxyl groups excluding tert-OH is 1. The van der Waals surface area contributed by atoms with Gasteiger partial charge in [0.15, 0.2) is 0 Å². The summed E-state index contributed by atoms with van der Waals surface area (Å²) < 4.78 is 35.4. The lowest BCUT2D eigenvalue weighted by atomic mass is 10.1. The number of carbonyl (C=O) groups is 1. The monoisotopic (exact) mass is 255 g/mol. The summed E-state index contributed by atoms with van der Waals surface area (Å²) in [6, 6.07) is 0. The van der Waals surface area contributed by atoms with Gasteiger partial charge in [-0.2, -0.15) is 13.2 Å². The molecule has 0 saturated carbocycles. The molecule has 0 aromatic heterocycles. The Labute approximate surface area is 99.6 Å². The highest BCUT2D eigenvalue weighted by molar-refractivity contribution is 5.79. The van der Waals surface area contributed by atoms with E-state index < -0.39 is 12.7 Å². The Balaban J connectivity index is 0.000000437. The van der Waals surface area contributed by atoms with Gasteiger partial charge in [0.05, 0.1) is 6.54 Å². The molecule has 0 atom stereocenters. The van der Waals surface area contributed by atoms with E-state index in [0.717, 1.165) is 12.8 Å². The molecule has 0 amide bonds. The van der Waals surface area contributed by atoms with Crippen LogP contribution in [-0.4, -0.2) is 48.2 Å². The van der Waals surface area contributed by atoms with Crippen molar-refractivity contribution >= 4 is 5.78 Å². The molecule has 17 heavy (non-hydrogen) atoms. The van der Waals surface area contributed by atoms with Gasteiger partial charge in [0, 0.05) is 32.5 Å². The molecule has 1 saturated heterocycles. The molecule has 1 rings (SSSR count). The van der Waals surface area contributed by atoms with Gasteiger partial charge >= 0.3 is 6.18 Å². The topological polar surface area (TPSA) is 40.5 Å². The van der Waals surface area contributed by atoms with Crippen molar-refractivity contribution in [1.82, 2.24) is 4.90 Å². The number of halogens is 3. The molecule has 0 bridgehead atoms. The number of hydrogen-bond acceptors (Lipinski definition) is 3. The van der Waals surface area contributed by atoms with Crippen LogP contribution in [0, 0.1) is 0 Å². The number of hydrogen-bond donors (Lipinski definition) is 1. The number of ketones is 1. The van der Waals surface area contributed by atoms with Crippen molar-refractivity contribution in [1.29, 1.82) is 0 Å². The summed E-state index contributed by atoms with van der Waals surface area (Å²) in [6.07, 6.45) is -1.58. The number of Topliss-reactive ketones (excluding diaryl/α,β-unsaturated/α-hetero) is 1. The average molecular weight is 255 g/mol.